The summed E-state index contributed by atoms with van der Waals surface area (Å²) >= 11 is 4.94. The molecule has 2 aliphatic heterocycles. The van der Waals surface area contributed by atoms with E-state index in [9.17, 15) is 24.3 Å². The smallest absolute Gasteiger partial charge is 0.352 e. The van der Waals surface area contributed by atoms with E-state index in [0.717, 1.165) is 11.3 Å². The maximum atomic E-state index is 12.9. The topological polar surface area (TPSA) is 176 Å². The molecule has 4 heterocycles. The van der Waals surface area contributed by atoms with Crippen LogP contribution in [0.15, 0.2) is 32.7 Å². The summed E-state index contributed by atoms with van der Waals surface area (Å²) in [5.74, 6) is -1.33. The molecule has 0 aromatic carbocycles. The van der Waals surface area contributed by atoms with Gasteiger partial charge in [-0.15, -0.1) is 23.1 Å². The first-order valence-electron chi connectivity index (χ1n) is 9.95. The second-order valence-electron chi connectivity index (χ2n) is 6.95. The summed E-state index contributed by atoms with van der Waals surface area (Å²) in [6.45, 7) is 3.61. The second kappa shape index (κ2) is 11.2. The van der Waals surface area contributed by atoms with Crippen molar-refractivity contribution >= 4 is 87.5 Å². The molecule has 1 saturated heterocycles. The largest absolute Gasteiger partial charge is 0.477 e. The lowest BCUT2D eigenvalue weighted by Gasteiger charge is -2.49. The van der Waals surface area contributed by atoms with E-state index in [0.29, 0.717) is 33.7 Å². The molecular weight excluding hydrogens is 551 g/mol. The SMILES string of the molecule is C=Cc1nsc(SCC2=C(C(=O)O)N3C(=O)C(NC(=O)C(=NOC)c4csc(NC=O)n4)[C@H]3SC2)n1. The fraction of sp³-hybridized carbons (Fsp3) is 0.263. The van der Waals surface area contributed by atoms with Crippen LogP contribution in [0.4, 0.5) is 5.13 Å². The fourth-order valence-electron chi connectivity index (χ4n) is 3.31. The van der Waals surface area contributed by atoms with Crippen molar-refractivity contribution < 1.29 is 29.1 Å². The molecule has 0 aliphatic carbocycles. The molecule has 13 nitrogen and oxygen atoms in total. The number of carbonyl (C=O) groups excluding carboxylic acids is 3. The van der Waals surface area contributed by atoms with Gasteiger partial charge in [-0.3, -0.25) is 19.3 Å². The molecule has 0 radical (unpaired) electrons. The van der Waals surface area contributed by atoms with Gasteiger partial charge in [-0.05, 0) is 23.2 Å². The van der Waals surface area contributed by atoms with E-state index in [1.54, 1.807) is 0 Å². The van der Waals surface area contributed by atoms with Gasteiger partial charge in [0, 0.05) is 16.9 Å². The number of anilines is 1. The van der Waals surface area contributed by atoms with Gasteiger partial charge in [-0.25, -0.2) is 14.8 Å². The van der Waals surface area contributed by atoms with E-state index in [4.69, 9.17) is 4.84 Å². The minimum Gasteiger partial charge on any atom is -0.477 e. The lowest BCUT2D eigenvalue weighted by molar-refractivity contribution is -0.150. The third-order valence-corrected chi connectivity index (χ3v) is 8.89. The average Bonchev–Trinajstić information content (AvgIpc) is 3.53. The van der Waals surface area contributed by atoms with E-state index in [-0.39, 0.29) is 22.2 Å². The number of nitrogens with zero attached hydrogens (tertiary/aromatic N) is 5. The highest BCUT2D eigenvalue weighted by molar-refractivity contribution is 8.01. The van der Waals surface area contributed by atoms with Crippen molar-refractivity contribution in [3.8, 4) is 0 Å². The molecule has 2 aromatic heterocycles. The van der Waals surface area contributed by atoms with Crippen LogP contribution in [0.5, 0.6) is 0 Å². The Labute approximate surface area is 220 Å². The first-order valence-corrected chi connectivity index (χ1v) is 13.6. The Kier molecular flexibility index (Phi) is 8.02. The number of hydrogen-bond acceptors (Lipinski definition) is 13. The van der Waals surface area contributed by atoms with Gasteiger partial charge < -0.3 is 20.6 Å². The van der Waals surface area contributed by atoms with Crippen molar-refractivity contribution in [3.63, 3.8) is 0 Å². The number of thioether (sulfide) groups is 2. The zero-order valence-electron chi connectivity index (χ0n) is 18.4. The fourth-order valence-corrected chi connectivity index (χ4v) is 7.05. The highest BCUT2D eigenvalue weighted by Gasteiger charge is 2.54. The molecule has 36 heavy (non-hydrogen) atoms. The predicted octanol–water partition coefficient (Wildman–Crippen LogP) is 1.09. The van der Waals surface area contributed by atoms with Gasteiger partial charge in [-0.1, -0.05) is 23.5 Å². The van der Waals surface area contributed by atoms with Gasteiger partial charge in [0.25, 0.3) is 11.8 Å². The summed E-state index contributed by atoms with van der Waals surface area (Å²) in [6.07, 6.45) is 1.97. The summed E-state index contributed by atoms with van der Waals surface area (Å²) in [5.41, 5.74) is 0.429. The molecule has 1 fully saturated rings. The minimum absolute atomic E-state index is 0.0925. The van der Waals surface area contributed by atoms with Crippen LogP contribution in [-0.4, -0.2) is 84.3 Å². The average molecular weight is 568 g/mol. The maximum absolute atomic E-state index is 12.9. The van der Waals surface area contributed by atoms with E-state index in [1.807, 2.05) is 0 Å². The minimum atomic E-state index is -1.22. The number of aliphatic carboxylic acids is 1. The van der Waals surface area contributed by atoms with Crippen molar-refractivity contribution in [2.45, 2.75) is 15.8 Å². The Morgan fingerprint density at radius 2 is 2.25 bits per heavy atom. The van der Waals surface area contributed by atoms with E-state index < -0.39 is 29.2 Å². The number of carboxylic acids is 1. The molecule has 3 N–H and O–H groups in total. The number of rotatable bonds is 11. The van der Waals surface area contributed by atoms with Gasteiger partial charge in [0.15, 0.2) is 21.0 Å². The van der Waals surface area contributed by atoms with Crippen LogP contribution in [0.2, 0.25) is 0 Å². The first kappa shape index (κ1) is 25.8. The van der Waals surface area contributed by atoms with Crippen LogP contribution >= 0.6 is 46.4 Å². The van der Waals surface area contributed by atoms with E-state index in [2.05, 4.69) is 36.7 Å². The Morgan fingerprint density at radius 1 is 1.44 bits per heavy atom. The molecule has 2 aliphatic rings. The van der Waals surface area contributed by atoms with Crippen LogP contribution in [0, 0.1) is 0 Å². The summed E-state index contributed by atoms with van der Waals surface area (Å²) in [6, 6.07) is -0.961. The number of amides is 3. The third kappa shape index (κ3) is 5.13. The number of carbonyl (C=O) groups is 4. The molecule has 17 heteroatoms. The van der Waals surface area contributed by atoms with Crippen molar-refractivity contribution in [1.29, 1.82) is 0 Å². The highest BCUT2D eigenvalue weighted by atomic mass is 32.2. The maximum Gasteiger partial charge on any atom is 0.352 e. The molecule has 2 aromatic rings. The summed E-state index contributed by atoms with van der Waals surface area (Å²) < 4.78 is 4.77. The van der Waals surface area contributed by atoms with Gasteiger partial charge in [0.1, 0.15) is 29.9 Å². The summed E-state index contributed by atoms with van der Waals surface area (Å²) in [7, 11) is 1.25. The summed E-state index contributed by atoms with van der Waals surface area (Å²) in [4.78, 5) is 62.8. The molecule has 188 valence electrons. The van der Waals surface area contributed by atoms with Gasteiger partial charge >= 0.3 is 5.97 Å². The standard InChI is InChI=1S/C19H17N7O6S4/c1-3-10-22-19(36-25-10)35-5-8-4-33-16-12(15(29)26(16)13(8)17(30)31)23-14(28)11(24-32-2)9-6-34-18(21-9)20-7-27/h3,6-7,12,16H,1,4-5H2,2H3,(H,23,28)(H,30,31)(H,20,21,27)/t12?,16-/m1/s1. The molecule has 3 amide bonds. The molecule has 2 atom stereocenters. The molecule has 0 spiro atoms. The summed E-state index contributed by atoms with van der Waals surface area (Å²) in [5, 5.41) is 19.7. The van der Waals surface area contributed by atoms with E-state index in [1.165, 1.54) is 58.5 Å². The normalized spacial score (nSPS) is 19.3. The number of hydrogen-bond donors (Lipinski definition) is 3. The molecule has 0 bridgehead atoms. The number of nitrogens with one attached hydrogen (secondary N) is 2. The third-order valence-electron chi connectivity index (χ3n) is 4.84. The number of fused-ring (bicyclic) bond motifs is 1. The van der Waals surface area contributed by atoms with Gasteiger partial charge in [0.05, 0.1) is 0 Å². The van der Waals surface area contributed by atoms with Crippen molar-refractivity contribution in [3.05, 3.63) is 34.7 Å². The zero-order valence-corrected chi connectivity index (χ0v) is 21.6. The Bertz CT molecular complexity index is 1290. The van der Waals surface area contributed by atoms with Crippen LogP contribution in [0.1, 0.15) is 11.5 Å². The van der Waals surface area contributed by atoms with Crippen molar-refractivity contribution in [2.75, 3.05) is 23.9 Å². The van der Waals surface area contributed by atoms with Crippen molar-refractivity contribution in [1.82, 2.24) is 24.6 Å². The quantitative estimate of drug-likeness (QED) is 0.116. The number of aromatic nitrogens is 3. The lowest BCUT2D eigenvalue weighted by Crippen LogP contribution is -2.71. The van der Waals surface area contributed by atoms with Gasteiger partial charge in [0.2, 0.25) is 6.41 Å². The zero-order chi connectivity index (χ0) is 25.8. The van der Waals surface area contributed by atoms with Crippen LogP contribution < -0.4 is 10.6 Å². The number of β-lactam (4-membered cyclic amide) rings is 1. The predicted molar refractivity (Wildman–Crippen MR) is 136 cm³/mol. The highest BCUT2D eigenvalue weighted by Crippen LogP contribution is 2.41. The lowest BCUT2D eigenvalue weighted by atomic mass is 10.0. The van der Waals surface area contributed by atoms with Crippen molar-refractivity contribution in [2.24, 2.45) is 5.16 Å². The van der Waals surface area contributed by atoms with Gasteiger partial charge in [-0.2, -0.15) is 4.37 Å². The van der Waals surface area contributed by atoms with Crippen LogP contribution in [-0.2, 0) is 24.0 Å². The molecule has 0 saturated carbocycles. The number of thiazole rings is 1. The molecular formula is C19H17N7O6S4. The first-order chi connectivity index (χ1) is 17.4. The number of carboxylic acid groups (broad SMARTS) is 1. The number of oxime groups is 1. The van der Waals surface area contributed by atoms with Crippen LogP contribution in [0.25, 0.3) is 6.08 Å². The van der Waals surface area contributed by atoms with E-state index >= 15 is 0 Å². The molecule has 4 rings (SSSR count). The Hall–Kier alpha value is -3.28. The Balaban J connectivity index is 1.47. The monoisotopic (exact) mass is 567 g/mol. The molecule has 1 unspecified atom stereocenters. The second-order valence-corrected chi connectivity index (χ2v) is 10.9. The Morgan fingerprint density at radius 3 is 2.92 bits per heavy atom. The van der Waals surface area contributed by atoms with Crippen LogP contribution in [0.3, 0.4) is 0 Å².